The SMILES string of the molecule is COc1ccc2ncc(F)c(CCCC3(C(=O)O)CCN(CCNc4cc(F)ccc4F)C3)c2c1. The fourth-order valence-electron chi connectivity index (χ4n) is 4.80. The van der Waals surface area contributed by atoms with Crippen molar-refractivity contribution < 1.29 is 27.8 Å². The summed E-state index contributed by atoms with van der Waals surface area (Å²) in [6, 6.07) is 8.50. The van der Waals surface area contributed by atoms with Crippen LogP contribution in [0.1, 0.15) is 24.8 Å². The van der Waals surface area contributed by atoms with Crippen LogP contribution in [-0.2, 0) is 11.2 Å². The number of pyridine rings is 1. The summed E-state index contributed by atoms with van der Waals surface area (Å²) in [5.41, 5.74) is 0.313. The Bertz CT molecular complexity index is 1220. The molecule has 0 radical (unpaired) electrons. The van der Waals surface area contributed by atoms with Crippen LogP contribution in [0.2, 0.25) is 0 Å². The van der Waals surface area contributed by atoms with Crippen LogP contribution < -0.4 is 10.1 Å². The fourth-order valence-corrected chi connectivity index (χ4v) is 4.80. The van der Waals surface area contributed by atoms with Crippen LogP contribution in [0, 0.1) is 22.9 Å². The lowest BCUT2D eigenvalue weighted by atomic mass is 9.81. The van der Waals surface area contributed by atoms with E-state index in [1.807, 2.05) is 4.90 Å². The van der Waals surface area contributed by atoms with E-state index in [0.29, 0.717) is 74.1 Å². The van der Waals surface area contributed by atoms with Crippen molar-refractivity contribution in [1.82, 2.24) is 9.88 Å². The number of rotatable bonds is 10. The largest absolute Gasteiger partial charge is 0.497 e. The number of aromatic nitrogens is 1. The zero-order valence-corrected chi connectivity index (χ0v) is 19.5. The van der Waals surface area contributed by atoms with Crippen molar-refractivity contribution in [1.29, 1.82) is 0 Å². The molecule has 35 heavy (non-hydrogen) atoms. The molecule has 3 aromatic rings. The number of carboxylic acids is 1. The molecule has 6 nitrogen and oxygen atoms in total. The summed E-state index contributed by atoms with van der Waals surface area (Å²) in [5.74, 6) is -1.76. The topological polar surface area (TPSA) is 74.7 Å². The molecule has 4 rings (SSSR count). The second-order valence-corrected chi connectivity index (χ2v) is 8.98. The molecule has 1 fully saturated rings. The van der Waals surface area contributed by atoms with Gasteiger partial charge in [0.2, 0.25) is 0 Å². The molecule has 0 spiro atoms. The fraction of sp³-hybridized carbons (Fsp3) is 0.385. The van der Waals surface area contributed by atoms with Gasteiger partial charge in [-0.2, -0.15) is 0 Å². The molecule has 0 amide bonds. The van der Waals surface area contributed by atoms with Gasteiger partial charge in [-0.25, -0.2) is 13.2 Å². The predicted octanol–water partition coefficient (Wildman–Crippen LogP) is 4.87. The highest BCUT2D eigenvalue weighted by molar-refractivity contribution is 5.83. The van der Waals surface area contributed by atoms with E-state index in [0.717, 1.165) is 18.2 Å². The molecule has 2 N–H and O–H groups in total. The van der Waals surface area contributed by atoms with Crippen molar-refractivity contribution in [2.24, 2.45) is 5.41 Å². The molecule has 1 unspecified atom stereocenters. The van der Waals surface area contributed by atoms with Crippen molar-refractivity contribution in [2.45, 2.75) is 25.7 Å². The number of anilines is 1. The second-order valence-electron chi connectivity index (χ2n) is 8.98. The zero-order valence-electron chi connectivity index (χ0n) is 19.5. The number of hydrogen-bond acceptors (Lipinski definition) is 5. The van der Waals surface area contributed by atoms with Crippen LogP contribution in [0.15, 0.2) is 42.6 Å². The third kappa shape index (κ3) is 5.51. The number of aryl methyl sites for hydroxylation is 1. The van der Waals surface area contributed by atoms with Gasteiger partial charge in [0, 0.05) is 25.0 Å². The lowest BCUT2D eigenvalue weighted by molar-refractivity contribution is -0.148. The summed E-state index contributed by atoms with van der Waals surface area (Å²) < 4.78 is 47.0. The number of nitrogens with zero attached hydrogens (tertiary/aromatic N) is 2. The van der Waals surface area contributed by atoms with Crippen LogP contribution >= 0.6 is 0 Å². The Morgan fingerprint density at radius 1 is 1.20 bits per heavy atom. The summed E-state index contributed by atoms with van der Waals surface area (Å²) in [6.07, 6.45) is 2.96. The smallest absolute Gasteiger partial charge is 0.310 e. The molecule has 1 aliphatic rings. The first-order valence-electron chi connectivity index (χ1n) is 11.6. The third-order valence-electron chi connectivity index (χ3n) is 6.77. The van der Waals surface area contributed by atoms with E-state index in [1.54, 1.807) is 25.3 Å². The highest BCUT2D eigenvalue weighted by Crippen LogP contribution is 2.37. The second kappa shape index (κ2) is 10.5. The van der Waals surface area contributed by atoms with Gasteiger partial charge >= 0.3 is 5.97 Å². The lowest BCUT2D eigenvalue weighted by Crippen LogP contribution is -2.36. The zero-order chi connectivity index (χ0) is 25.0. The summed E-state index contributed by atoms with van der Waals surface area (Å²) in [7, 11) is 1.54. The maximum Gasteiger partial charge on any atom is 0.310 e. The van der Waals surface area contributed by atoms with Crippen LogP contribution in [0.5, 0.6) is 5.75 Å². The number of benzene rings is 2. The number of methoxy groups -OCH3 is 1. The Hall–Kier alpha value is -3.33. The molecule has 1 aromatic heterocycles. The van der Waals surface area contributed by atoms with Crippen molar-refractivity contribution in [3.8, 4) is 5.75 Å². The van der Waals surface area contributed by atoms with Crippen LogP contribution in [-0.4, -0.2) is 54.2 Å². The number of ether oxygens (including phenoxy) is 1. The molecule has 2 heterocycles. The first-order valence-corrected chi connectivity index (χ1v) is 11.6. The number of carboxylic acid groups (broad SMARTS) is 1. The molecular weight excluding hydrogens is 459 g/mol. The normalized spacial score (nSPS) is 18.2. The summed E-state index contributed by atoms with van der Waals surface area (Å²) in [5, 5.41) is 13.5. The number of aliphatic carboxylic acids is 1. The van der Waals surface area contributed by atoms with E-state index in [1.165, 1.54) is 6.20 Å². The van der Waals surface area contributed by atoms with Gasteiger partial charge in [0.1, 0.15) is 23.2 Å². The van der Waals surface area contributed by atoms with Gasteiger partial charge in [-0.15, -0.1) is 0 Å². The Morgan fingerprint density at radius 2 is 2.03 bits per heavy atom. The molecule has 186 valence electrons. The molecule has 2 aromatic carbocycles. The molecule has 1 atom stereocenters. The Balaban J connectivity index is 1.37. The first-order chi connectivity index (χ1) is 16.8. The minimum atomic E-state index is -0.929. The number of likely N-dealkylation sites (tertiary alicyclic amines) is 1. The number of carbonyl (C=O) groups is 1. The number of fused-ring (bicyclic) bond motifs is 1. The highest BCUT2D eigenvalue weighted by atomic mass is 19.1. The quantitative estimate of drug-likeness (QED) is 0.425. The van der Waals surface area contributed by atoms with Crippen LogP contribution in [0.25, 0.3) is 10.9 Å². The van der Waals surface area contributed by atoms with Crippen molar-refractivity contribution >= 4 is 22.6 Å². The monoisotopic (exact) mass is 487 g/mol. The van der Waals surface area contributed by atoms with Gasteiger partial charge in [0.25, 0.3) is 0 Å². The van der Waals surface area contributed by atoms with Gasteiger partial charge in [-0.3, -0.25) is 9.78 Å². The van der Waals surface area contributed by atoms with Gasteiger partial charge in [0.05, 0.1) is 29.9 Å². The molecule has 0 saturated carbocycles. The van der Waals surface area contributed by atoms with Gasteiger partial charge in [-0.05, 0) is 74.2 Å². The number of halogens is 3. The van der Waals surface area contributed by atoms with E-state index in [9.17, 15) is 23.1 Å². The maximum atomic E-state index is 14.6. The average molecular weight is 488 g/mol. The van der Waals surface area contributed by atoms with E-state index < -0.39 is 28.8 Å². The maximum absolute atomic E-state index is 14.6. The summed E-state index contributed by atoms with van der Waals surface area (Å²) >= 11 is 0. The standard InChI is InChI=1S/C26H28F3N3O3/c1-35-18-5-7-23-20(14-18)19(22(29)15-31-23)3-2-8-26(25(33)34)9-11-32(16-26)12-10-30-24-13-17(27)4-6-21(24)28/h4-7,13-15,30H,2-3,8-12,16H2,1H3,(H,33,34). The lowest BCUT2D eigenvalue weighted by Gasteiger charge is -2.25. The minimum Gasteiger partial charge on any atom is -0.497 e. The van der Waals surface area contributed by atoms with Gasteiger partial charge < -0.3 is 20.1 Å². The Kier molecular flexibility index (Phi) is 7.45. The van der Waals surface area contributed by atoms with E-state index >= 15 is 0 Å². The molecule has 0 aliphatic carbocycles. The molecule has 0 bridgehead atoms. The Morgan fingerprint density at radius 3 is 2.80 bits per heavy atom. The van der Waals surface area contributed by atoms with Crippen molar-refractivity contribution in [2.75, 3.05) is 38.6 Å². The van der Waals surface area contributed by atoms with Crippen LogP contribution in [0.4, 0.5) is 18.9 Å². The predicted molar refractivity (Wildman–Crippen MR) is 127 cm³/mol. The van der Waals surface area contributed by atoms with Gasteiger partial charge in [-0.1, -0.05) is 0 Å². The van der Waals surface area contributed by atoms with E-state index in [-0.39, 0.29) is 5.69 Å². The minimum absolute atomic E-state index is 0.0805. The average Bonchev–Trinajstić information content (AvgIpc) is 3.27. The molecule has 1 aliphatic heterocycles. The third-order valence-corrected chi connectivity index (χ3v) is 6.77. The first kappa shape index (κ1) is 24.8. The molecule has 9 heteroatoms. The summed E-state index contributed by atoms with van der Waals surface area (Å²) in [6.45, 7) is 1.78. The number of nitrogens with one attached hydrogen (secondary N) is 1. The highest BCUT2D eigenvalue weighted by Gasteiger charge is 2.44. The van der Waals surface area contributed by atoms with Crippen LogP contribution in [0.3, 0.4) is 0 Å². The van der Waals surface area contributed by atoms with Crippen molar-refractivity contribution in [3.63, 3.8) is 0 Å². The summed E-state index contributed by atoms with van der Waals surface area (Å²) in [4.78, 5) is 18.4. The van der Waals surface area contributed by atoms with Crippen molar-refractivity contribution in [3.05, 3.63) is 65.6 Å². The molecule has 1 saturated heterocycles. The number of hydrogen-bond donors (Lipinski definition) is 2. The molecular formula is C26H28F3N3O3. The van der Waals surface area contributed by atoms with Gasteiger partial charge in [0.15, 0.2) is 0 Å². The van der Waals surface area contributed by atoms with E-state index in [2.05, 4.69) is 10.3 Å². The Labute approximate surface area is 201 Å². The van der Waals surface area contributed by atoms with E-state index in [4.69, 9.17) is 4.74 Å².